The lowest BCUT2D eigenvalue weighted by atomic mass is 10.1. The van der Waals surface area contributed by atoms with Crippen molar-refractivity contribution >= 4 is 17.7 Å². The molecule has 0 saturated heterocycles. The third-order valence-electron chi connectivity index (χ3n) is 4.67. The molecule has 1 unspecified atom stereocenters. The zero-order valence-corrected chi connectivity index (χ0v) is 17.5. The van der Waals surface area contributed by atoms with Crippen LogP contribution in [-0.2, 0) is 4.79 Å². The van der Waals surface area contributed by atoms with Gasteiger partial charge in [-0.3, -0.25) is 14.3 Å². The van der Waals surface area contributed by atoms with E-state index in [1.807, 2.05) is 23.6 Å². The lowest BCUT2D eigenvalue weighted by molar-refractivity contribution is -0.119. The SMILES string of the molecule is CCC(C)NC(=O)CSc1nnc(-c2ccncc2)n1-c1ccc(C)c(C)c1. The Morgan fingerprint density at radius 3 is 2.57 bits per heavy atom. The van der Waals surface area contributed by atoms with Gasteiger partial charge in [-0.25, -0.2) is 0 Å². The van der Waals surface area contributed by atoms with Crippen LogP contribution >= 0.6 is 11.8 Å². The standard InChI is InChI=1S/C21H25N5OS/c1-5-16(4)23-19(27)13-28-21-25-24-20(17-8-10-22-11-9-17)26(21)18-7-6-14(2)15(3)12-18/h6-12,16H,5,13H2,1-4H3,(H,23,27). The molecule has 2 heterocycles. The third kappa shape index (κ3) is 4.59. The van der Waals surface area contributed by atoms with Crippen LogP contribution in [0.5, 0.6) is 0 Å². The number of rotatable bonds is 7. The van der Waals surface area contributed by atoms with Crippen molar-refractivity contribution in [2.45, 2.75) is 45.3 Å². The number of hydrogen-bond donors (Lipinski definition) is 1. The molecule has 0 bridgehead atoms. The summed E-state index contributed by atoms with van der Waals surface area (Å²) in [6.45, 7) is 8.22. The van der Waals surface area contributed by atoms with Crippen molar-refractivity contribution in [3.63, 3.8) is 0 Å². The molecule has 0 aliphatic heterocycles. The van der Waals surface area contributed by atoms with Gasteiger partial charge < -0.3 is 5.32 Å². The van der Waals surface area contributed by atoms with Crippen LogP contribution in [-0.4, -0.2) is 37.5 Å². The molecule has 0 aliphatic rings. The number of thioether (sulfide) groups is 1. The second kappa shape index (κ2) is 9.01. The normalized spacial score (nSPS) is 12.0. The molecule has 1 N–H and O–H groups in total. The average molecular weight is 396 g/mol. The van der Waals surface area contributed by atoms with Gasteiger partial charge in [0.05, 0.1) is 11.4 Å². The number of pyridine rings is 1. The van der Waals surface area contributed by atoms with Crippen LogP contribution in [0, 0.1) is 13.8 Å². The molecule has 0 fully saturated rings. The summed E-state index contributed by atoms with van der Waals surface area (Å²) >= 11 is 1.39. The van der Waals surface area contributed by atoms with Crippen molar-refractivity contribution in [2.75, 3.05) is 5.75 Å². The summed E-state index contributed by atoms with van der Waals surface area (Å²) in [5.41, 5.74) is 4.32. The van der Waals surface area contributed by atoms with Gasteiger partial charge in [0.25, 0.3) is 0 Å². The zero-order valence-electron chi connectivity index (χ0n) is 16.6. The Morgan fingerprint density at radius 2 is 1.89 bits per heavy atom. The number of benzene rings is 1. The van der Waals surface area contributed by atoms with E-state index >= 15 is 0 Å². The van der Waals surface area contributed by atoms with Gasteiger partial charge in [0.15, 0.2) is 11.0 Å². The minimum Gasteiger partial charge on any atom is -0.353 e. The molecule has 1 amide bonds. The first-order valence-electron chi connectivity index (χ1n) is 9.35. The van der Waals surface area contributed by atoms with E-state index in [1.54, 1.807) is 12.4 Å². The molecule has 0 saturated carbocycles. The first-order chi connectivity index (χ1) is 13.5. The number of aryl methyl sites for hydroxylation is 2. The molecule has 0 spiro atoms. The fraction of sp³-hybridized carbons (Fsp3) is 0.333. The van der Waals surface area contributed by atoms with Crippen LogP contribution in [0.15, 0.2) is 47.9 Å². The Morgan fingerprint density at radius 1 is 1.14 bits per heavy atom. The summed E-state index contributed by atoms with van der Waals surface area (Å²) in [4.78, 5) is 16.3. The minimum absolute atomic E-state index is 0.000511. The Labute approximate surface area is 169 Å². The molecule has 0 aliphatic carbocycles. The molecule has 3 rings (SSSR count). The van der Waals surface area contributed by atoms with Gasteiger partial charge in [-0.2, -0.15) is 0 Å². The quantitative estimate of drug-likeness (QED) is 0.613. The summed E-state index contributed by atoms with van der Waals surface area (Å²) in [5, 5.41) is 12.4. The van der Waals surface area contributed by atoms with Crippen molar-refractivity contribution in [3.8, 4) is 17.1 Å². The summed E-state index contributed by atoms with van der Waals surface area (Å²) in [7, 11) is 0. The minimum atomic E-state index is -0.000511. The fourth-order valence-corrected chi connectivity index (χ4v) is 3.46. The Balaban J connectivity index is 1.95. The maximum Gasteiger partial charge on any atom is 0.230 e. The molecular weight excluding hydrogens is 370 g/mol. The molecule has 28 heavy (non-hydrogen) atoms. The van der Waals surface area contributed by atoms with Crippen molar-refractivity contribution in [1.29, 1.82) is 0 Å². The number of nitrogens with zero attached hydrogens (tertiary/aromatic N) is 4. The van der Waals surface area contributed by atoms with E-state index in [-0.39, 0.29) is 11.9 Å². The number of amides is 1. The van der Waals surface area contributed by atoms with Gasteiger partial charge in [0, 0.05) is 24.0 Å². The van der Waals surface area contributed by atoms with Crippen molar-refractivity contribution < 1.29 is 4.79 Å². The smallest absolute Gasteiger partial charge is 0.230 e. The zero-order chi connectivity index (χ0) is 20.1. The molecule has 0 radical (unpaired) electrons. The van der Waals surface area contributed by atoms with Gasteiger partial charge >= 0.3 is 0 Å². The molecular formula is C21H25N5OS. The van der Waals surface area contributed by atoms with Crippen LogP contribution in [0.2, 0.25) is 0 Å². The summed E-state index contributed by atoms with van der Waals surface area (Å²) in [6, 6.07) is 10.2. The van der Waals surface area contributed by atoms with E-state index in [0.717, 1.165) is 23.5 Å². The van der Waals surface area contributed by atoms with Crippen LogP contribution in [0.1, 0.15) is 31.4 Å². The van der Waals surface area contributed by atoms with Crippen LogP contribution < -0.4 is 5.32 Å². The maximum atomic E-state index is 12.2. The number of aromatic nitrogens is 4. The van der Waals surface area contributed by atoms with E-state index in [2.05, 4.69) is 59.5 Å². The average Bonchev–Trinajstić information content (AvgIpc) is 3.13. The van der Waals surface area contributed by atoms with E-state index in [9.17, 15) is 4.79 Å². The second-order valence-electron chi connectivity index (χ2n) is 6.81. The van der Waals surface area contributed by atoms with Crippen molar-refractivity contribution in [2.24, 2.45) is 0 Å². The first kappa shape index (κ1) is 20.1. The molecule has 1 atom stereocenters. The number of hydrogen-bond acceptors (Lipinski definition) is 5. The largest absolute Gasteiger partial charge is 0.353 e. The molecule has 146 valence electrons. The number of carbonyl (C=O) groups excluding carboxylic acids is 1. The second-order valence-corrected chi connectivity index (χ2v) is 7.75. The molecule has 3 aromatic rings. The highest BCUT2D eigenvalue weighted by molar-refractivity contribution is 7.99. The highest BCUT2D eigenvalue weighted by atomic mass is 32.2. The Kier molecular flexibility index (Phi) is 6.46. The maximum absolute atomic E-state index is 12.2. The predicted molar refractivity (Wildman–Crippen MR) is 113 cm³/mol. The lowest BCUT2D eigenvalue weighted by Gasteiger charge is -2.13. The summed E-state index contributed by atoms with van der Waals surface area (Å²) in [6.07, 6.45) is 4.38. The van der Waals surface area contributed by atoms with E-state index in [0.29, 0.717) is 10.9 Å². The molecule has 2 aromatic heterocycles. The number of nitrogens with one attached hydrogen (secondary N) is 1. The molecule has 1 aromatic carbocycles. The summed E-state index contributed by atoms with van der Waals surface area (Å²) in [5.74, 6) is 1.03. The van der Waals surface area contributed by atoms with Crippen molar-refractivity contribution in [1.82, 2.24) is 25.1 Å². The van der Waals surface area contributed by atoms with Crippen molar-refractivity contribution in [3.05, 3.63) is 53.9 Å². The molecule has 7 heteroatoms. The predicted octanol–water partition coefficient (Wildman–Crippen LogP) is 3.95. The van der Waals surface area contributed by atoms with Crippen LogP contribution in [0.4, 0.5) is 0 Å². The highest BCUT2D eigenvalue weighted by Crippen LogP contribution is 2.28. The van der Waals surface area contributed by atoms with E-state index < -0.39 is 0 Å². The van der Waals surface area contributed by atoms with Gasteiger partial charge in [-0.15, -0.1) is 10.2 Å². The van der Waals surface area contributed by atoms with E-state index in [1.165, 1.54) is 22.9 Å². The highest BCUT2D eigenvalue weighted by Gasteiger charge is 2.18. The first-order valence-corrected chi connectivity index (χ1v) is 10.3. The van der Waals surface area contributed by atoms with Crippen LogP contribution in [0.25, 0.3) is 17.1 Å². The molecule has 6 nitrogen and oxygen atoms in total. The monoisotopic (exact) mass is 395 g/mol. The van der Waals surface area contributed by atoms with E-state index in [4.69, 9.17) is 0 Å². The van der Waals surface area contributed by atoms with Gasteiger partial charge in [0.1, 0.15) is 0 Å². The lowest BCUT2D eigenvalue weighted by Crippen LogP contribution is -2.33. The fourth-order valence-electron chi connectivity index (χ4n) is 2.70. The summed E-state index contributed by atoms with van der Waals surface area (Å²) < 4.78 is 2.00. The van der Waals surface area contributed by atoms with Gasteiger partial charge in [-0.05, 0) is 62.6 Å². The number of carbonyl (C=O) groups is 1. The van der Waals surface area contributed by atoms with Gasteiger partial charge in [0.2, 0.25) is 5.91 Å². The van der Waals surface area contributed by atoms with Gasteiger partial charge in [-0.1, -0.05) is 24.8 Å². The van der Waals surface area contributed by atoms with Crippen LogP contribution in [0.3, 0.4) is 0 Å². The topological polar surface area (TPSA) is 72.7 Å². The Hall–Kier alpha value is -2.67. The third-order valence-corrected chi connectivity index (χ3v) is 5.60. The Bertz CT molecular complexity index is 955.